The molecule has 0 spiro atoms. The number of hydrogen-bond donors (Lipinski definition) is 1. The van der Waals surface area contributed by atoms with Gasteiger partial charge in [-0.3, -0.25) is 4.79 Å². The second-order valence-corrected chi connectivity index (χ2v) is 6.24. The van der Waals surface area contributed by atoms with Crippen LogP contribution in [0, 0.1) is 11.7 Å². The van der Waals surface area contributed by atoms with Crippen LogP contribution in [0.5, 0.6) is 0 Å². The molecule has 0 aliphatic carbocycles. The average Bonchev–Trinajstić information content (AvgIpc) is 2.38. The summed E-state index contributed by atoms with van der Waals surface area (Å²) in [7, 11) is -3.88. The number of carbonyl (C=O) groups is 1. The minimum Gasteiger partial charge on any atom is -0.481 e. The molecule has 1 rings (SSSR count). The molecule has 0 saturated heterocycles. The number of halogens is 1. The number of aliphatic carboxylic acids is 1. The zero-order chi connectivity index (χ0) is 15.3. The quantitative estimate of drug-likeness (QED) is 0.778. The van der Waals surface area contributed by atoms with E-state index in [0.29, 0.717) is 0 Å². The van der Waals surface area contributed by atoms with Crippen LogP contribution in [0.1, 0.15) is 6.92 Å². The Balaban J connectivity index is 3.08. The van der Waals surface area contributed by atoms with E-state index in [1.165, 1.54) is 13.0 Å². The molecular weight excluding hydrogens is 285 g/mol. The molecule has 1 N–H and O–H groups in total. The van der Waals surface area contributed by atoms with Gasteiger partial charge in [0.1, 0.15) is 5.82 Å². The number of carboxylic acid groups (broad SMARTS) is 1. The summed E-state index contributed by atoms with van der Waals surface area (Å²) in [5, 5.41) is 8.87. The van der Waals surface area contributed by atoms with Gasteiger partial charge in [-0.05, 0) is 24.3 Å². The highest BCUT2D eigenvalue weighted by Crippen LogP contribution is 2.17. The summed E-state index contributed by atoms with van der Waals surface area (Å²) >= 11 is 0. The first kappa shape index (κ1) is 16.3. The monoisotopic (exact) mass is 301 g/mol. The smallest absolute Gasteiger partial charge is 0.307 e. The van der Waals surface area contributed by atoms with Crippen molar-refractivity contribution in [2.24, 2.45) is 5.92 Å². The minimum atomic E-state index is -3.88. The van der Waals surface area contributed by atoms with Crippen molar-refractivity contribution in [2.45, 2.75) is 11.8 Å². The maximum absolute atomic E-state index is 12.8. The predicted octanol–water partition coefficient (Wildman–Crippen LogP) is 1.72. The minimum absolute atomic E-state index is 0.0165. The highest BCUT2D eigenvalue weighted by molar-refractivity contribution is 7.89. The van der Waals surface area contributed by atoms with Crippen molar-refractivity contribution < 1.29 is 22.7 Å². The Morgan fingerprint density at radius 2 is 2.00 bits per heavy atom. The molecule has 1 unspecified atom stereocenters. The van der Waals surface area contributed by atoms with Gasteiger partial charge in [-0.25, -0.2) is 12.8 Å². The standard InChI is InChI=1S/C13H16FNO4S/c1-3-8-15(9-10(2)13(16)17)20(18,19)12-6-4-11(14)5-7-12/h3-7,10H,1,8-9H2,2H3,(H,16,17). The Hall–Kier alpha value is -1.73. The Bertz CT molecular complexity index is 583. The summed E-state index contributed by atoms with van der Waals surface area (Å²) in [4.78, 5) is 10.8. The maximum atomic E-state index is 12.8. The van der Waals surface area contributed by atoms with Gasteiger partial charge in [0.25, 0.3) is 0 Å². The number of rotatable bonds is 7. The number of nitrogens with zero attached hydrogens (tertiary/aromatic N) is 1. The SMILES string of the molecule is C=CCN(CC(C)C(=O)O)S(=O)(=O)c1ccc(F)cc1. The molecule has 0 bridgehead atoms. The highest BCUT2D eigenvalue weighted by Gasteiger charge is 2.27. The molecule has 0 heterocycles. The lowest BCUT2D eigenvalue weighted by atomic mass is 10.2. The van der Waals surface area contributed by atoms with Crippen LogP contribution in [-0.4, -0.2) is 36.9 Å². The second kappa shape index (κ2) is 6.62. The molecule has 0 radical (unpaired) electrons. The number of carboxylic acids is 1. The molecular formula is C13H16FNO4S. The summed E-state index contributed by atoms with van der Waals surface area (Å²) in [6.45, 7) is 4.68. The van der Waals surface area contributed by atoms with Crippen molar-refractivity contribution in [2.75, 3.05) is 13.1 Å². The zero-order valence-corrected chi connectivity index (χ0v) is 11.8. The van der Waals surface area contributed by atoms with E-state index in [1.807, 2.05) is 0 Å². The number of benzene rings is 1. The van der Waals surface area contributed by atoms with Gasteiger partial charge < -0.3 is 5.11 Å². The molecule has 1 aromatic carbocycles. The van der Waals surface area contributed by atoms with E-state index in [2.05, 4.69) is 6.58 Å². The molecule has 0 amide bonds. The van der Waals surface area contributed by atoms with Gasteiger partial charge in [-0.2, -0.15) is 4.31 Å². The third kappa shape index (κ3) is 3.88. The number of hydrogen-bond acceptors (Lipinski definition) is 3. The van der Waals surface area contributed by atoms with Crippen LogP contribution < -0.4 is 0 Å². The fourth-order valence-electron chi connectivity index (χ4n) is 1.55. The van der Waals surface area contributed by atoms with Gasteiger partial charge in [0.15, 0.2) is 0 Å². The largest absolute Gasteiger partial charge is 0.481 e. The lowest BCUT2D eigenvalue weighted by Gasteiger charge is -2.22. The molecule has 1 atom stereocenters. The van der Waals surface area contributed by atoms with Crippen LogP contribution in [0.25, 0.3) is 0 Å². The second-order valence-electron chi connectivity index (χ2n) is 4.30. The highest BCUT2D eigenvalue weighted by atomic mass is 32.2. The summed E-state index contributed by atoms with van der Waals surface area (Å²) in [5.41, 5.74) is 0. The van der Waals surface area contributed by atoms with Gasteiger partial charge in [0, 0.05) is 13.1 Å². The van der Waals surface area contributed by atoms with Gasteiger partial charge in [-0.1, -0.05) is 13.0 Å². The van der Waals surface area contributed by atoms with Crippen molar-refractivity contribution in [3.8, 4) is 0 Å². The average molecular weight is 301 g/mol. The lowest BCUT2D eigenvalue weighted by Crippen LogP contribution is -2.37. The first-order chi connectivity index (χ1) is 9.28. The molecule has 1 aromatic rings. The van der Waals surface area contributed by atoms with Crippen molar-refractivity contribution >= 4 is 16.0 Å². The van der Waals surface area contributed by atoms with Crippen LogP contribution in [-0.2, 0) is 14.8 Å². The topological polar surface area (TPSA) is 74.7 Å². The van der Waals surface area contributed by atoms with Crippen LogP contribution in [0.2, 0.25) is 0 Å². The molecule has 110 valence electrons. The van der Waals surface area contributed by atoms with E-state index >= 15 is 0 Å². The first-order valence-corrected chi connectivity index (χ1v) is 7.32. The molecule has 0 aromatic heterocycles. The summed E-state index contributed by atoms with van der Waals surface area (Å²) in [6, 6.07) is 4.37. The summed E-state index contributed by atoms with van der Waals surface area (Å²) in [6.07, 6.45) is 1.37. The zero-order valence-electron chi connectivity index (χ0n) is 11.0. The van der Waals surface area contributed by atoms with E-state index in [4.69, 9.17) is 5.11 Å². The van der Waals surface area contributed by atoms with E-state index in [9.17, 15) is 17.6 Å². The van der Waals surface area contributed by atoms with Crippen LogP contribution in [0.4, 0.5) is 4.39 Å². The van der Waals surface area contributed by atoms with E-state index in [0.717, 1.165) is 28.6 Å². The maximum Gasteiger partial charge on any atom is 0.307 e. The first-order valence-electron chi connectivity index (χ1n) is 5.88. The van der Waals surface area contributed by atoms with Crippen LogP contribution in [0.3, 0.4) is 0 Å². The van der Waals surface area contributed by atoms with Crippen molar-refractivity contribution in [1.82, 2.24) is 4.31 Å². The molecule has 0 aliphatic heterocycles. The molecule has 7 heteroatoms. The van der Waals surface area contributed by atoms with Crippen LogP contribution >= 0.6 is 0 Å². The molecule has 0 saturated carbocycles. The van der Waals surface area contributed by atoms with Gasteiger partial charge >= 0.3 is 5.97 Å². The van der Waals surface area contributed by atoms with E-state index < -0.39 is 27.7 Å². The molecule has 20 heavy (non-hydrogen) atoms. The fourth-order valence-corrected chi connectivity index (χ4v) is 3.05. The summed E-state index contributed by atoms with van der Waals surface area (Å²) < 4.78 is 38.6. The lowest BCUT2D eigenvalue weighted by molar-refractivity contribution is -0.141. The van der Waals surface area contributed by atoms with Gasteiger partial charge in [-0.15, -0.1) is 6.58 Å². The summed E-state index contributed by atoms with van der Waals surface area (Å²) in [5.74, 6) is -2.49. The molecule has 0 aliphatic rings. The van der Waals surface area contributed by atoms with Gasteiger partial charge in [0.2, 0.25) is 10.0 Å². The number of sulfonamides is 1. The van der Waals surface area contributed by atoms with Crippen molar-refractivity contribution in [3.63, 3.8) is 0 Å². The third-order valence-electron chi connectivity index (χ3n) is 2.68. The van der Waals surface area contributed by atoms with Crippen LogP contribution in [0.15, 0.2) is 41.8 Å². The normalized spacial score (nSPS) is 13.2. The van der Waals surface area contributed by atoms with E-state index in [-0.39, 0.29) is 18.0 Å². The van der Waals surface area contributed by atoms with Gasteiger partial charge in [0.05, 0.1) is 10.8 Å². The Labute approximate surface area is 117 Å². The van der Waals surface area contributed by atoms with Crippen molar-refractivity contribution in [1.29, 1.82) is 0 Å². The predicted molar refractivity (Wildman–Crippen MR) is 72.2 cm³/mol. The molecule has 5 nitrogen and oxygen atoms in total. The Morgan fingerprint density at radius 3 is 2.45 bits per heavy atom. The van der Waals surface area contributed by atoms with Crippen molar-refractivity contribution in [3.05, 3.63) is 42.7 Å². The fraction of sp³-hybridized carbons (Fsp3) is 0.308. The Morgan fingerprint density at radius 1 is 1.45 bits per heavy atom. The Kier molecular flexibility index (Phi) is 5.41. The van der Waals surface area contributed by atoms with E-state index in [1.54, 1.807) is 0 Å². The molecule has 0 fully saturated rings. The third-order valence-corrected chi connectivity index (χ3v) is 4.53.